The van der Waals surface area contributed by atoms with E-state index in [2.05, 4.69) is 14.9 Å². The van der Waals surface area contributed by atoms with E-state index < -0.39 is 29.5 Å². The van der Waals surface area contributed by atoms with E-state index in [9.17, 15) is 31.6 Å². The van der Waals surface area contributed by atoms with Crippen LogP contribution in [0.4, 0.5) is 38.0 Å². The van der Waals surface area contributed by atoms with Crippen molar-refractivity contribution in [3.05, 3.63) is 76.6 Å². The van der Waals surface area contributed by atoms with Crippen LogP contribution in [0.15, 0.2) is 48.8 Å². The Morgan fingerprint density at radius 1 is 1.00 bits per heavy atom. The van der Waals surface area contributed by atoms with Crippen molar-refractivity contribution >= 4 is 23.4 Å². The predicted molar refractivity (Wildman–Crippen MR) is 168 cm³/mol. The molecule has 46 heavy (non-hydrogen) atoms. The Hall–Kier alpha value is -3.66. The third kappa shape index (κ3) is 8.99. The van der Waals surface area contributed by atoms with Crippen molar-refractivity contribution in [1.82, 2.24) is 9.97 Å². The van der Waals surface area contributed by atoms with E-state index in [4.69, 9.17) is 4.74 Å². The van der Waals surface area contributed by atoms with E-state index >= 15 is 0 Å². The minimum Gasteiger partial charge on any atom is -0.489 e. The minimum absolute atomic E-state index is 0.0860. The SMILES string of the molecule is CCN(CC1CCCC1)c1ccc(C(F)(F)F)cc1CN(c1ncc(OCCSC)cn1)C(C)c1cc(C#N)cc(C(F)(F)F)c1. The van der Waals surface area contributed by atoms with Gasteiger partial charge in [0, 0.05) is 31.1 Å². The normalized spacial score (nSPS) is 14.6. The summed E-state index contributed by atoms with van der Waals surface area (Å²) in [6, 6.07) is 7.61. The summed E-state index contributed by atoms with van der Waals surface area (Å²) in [6.07, 6.45) is -0.204. The molecule has 1 aliphatic rings. The summed E-state index contributed by atoms with van der Waals surface area (Å²) in [6.45, 7) is 5.07. The number of halogens is 6. The van der Waals surface area contributed by atoms with Crippen LogP contribution in [0.5, 0.6) is 5.75 Å². The van der Waals surface area contributed by atoms with E-state index in [1.54, 1.807) is 29.7 Å². The largest absolute Gasteiger partial charge is 0.489 e. The van der Waals surface area contributed by atoms with Crippen molar-refractivity contribution in [2.24, 2.45) is 5.92 Å². The van der Waals surface area contributed by atoms with Crippen molar-refractivity contribution in [1.29, 1.82) is 5.26 Å². The lowest BCUT2D eigenvalue weighted by Crippen LogP contribution is -2.32. The molecular weight excluding hydrogens is 628 g/mol. The fourth-order valence-electron chi connectivity index (χ4n) is 5.74. The minimum atomic E-state index is -4.71. The van der Waals surface area contributed by atoms with Crippen LogP contribution in [0.2, 0.25) is 0 Å². The smallest absolute Gasteiger partial charge is 0.416 e. The topological polar surface area (TPSA) is 65.3 Å². The highest BCUT2D eigenvalue weighted by molar-refractivity contribution is 7.98. The first-order valence-electron chi connectivity index (χ1n) is 15.1. The molecular formula is C33H37F6N5OS. The first-order chi connectivity index (χ1) is 21.8. The monoisotopic (exact) mass is 665 g/mol. The maximum atomic E-state index is 14.0. The van der Waals surface area contributed by atoms with E-state index in [1.807, 2.05) is 13.2 Å². The highest BCUT2D eigenvalue weighted by Gasteiger charge is 2.34. The molecule has 1 heterocycles. The summed E-state index contributed by atoms with van der Waals surface area (Å²) in [7, 11) is 0. The van der Waals surface area contributed by atoms with Crippen molar-refractivity contribution in [3.63, 3.8) is 0 Å². The fraction of sp³-hybridized carbons (Fsp3) is 0.485. The average molecular weight is 666 g/mol. The van der Waals surface area contributed by atoms with Gasteiger partial charge in [-0.2, -0.15) is 43.4 Å². The summed E-state index contributed by atoms with van der Waals surface area (Å²) in [4.78, 5) is 12.5. The second-order valence-electron chi connectivity index (χ2n) is 11.3. The van der Waals surface area contributed by atoms with Crippen LogP contribution in [0.3, 0.4) is 0 Å². The van der Waals surface area contributed by atoms with Crippen LogP contribution >= 0.6 is 11.8 Å². The fourth-order valence-corrected chi connectivity index (χ4v) is 5.99. The zero-order chi connectivity index (χ0) is 33.5. The molecule has 1 atom stereocenters. The Balaban J connectivity index is 1.82. The van der Waals surface area contributed by atoms with E-state index in [-0.39, 0.29) is 23.6 Å². The van der Waals surface area contributed by atoms with Gasteiger partial charge in [0.25, 0.3) is 0 Å². The molecule has 13 heteroatoms. The standard InChI is InChI=1S/C33H37F6N5OS/c1-4-43(20-23-7-5-6-8-23)30-10-9-27(32(34,35)36)16-26(30)21-44(31-41-18-29(19-42-31)45-11-12-46-3)22(2)25-13-24(17-40)14-28(15-25)33(37,38)39/h9-10,13-16,18-19,22-23H,4-8,11-12,20-21H2,1-3H3. The van der Waals surface area contributed by atoms with Gasteiger partial charge >= 0.3 is 12.4 Å². The Bertz CT molecular complexity index is 1490. The number of thioether (sulfide) groups is 1. The molecule has 1 unspecified atom stereocenters. The molecule has 4 rings (SSSR count). The number of aromatic nitrogens is 2. The first kappa shape index (κ1) is 35.2. The number of hydrogen-bond acceptors (Lipinski definition) is 7. The number of nitrogens with zero attached hydrogens (tertiary/aromatic N) is 5. The molecule has 1 aliphatic carbocycles. The molecule has 0 N–H and O–H groups in total. The zero-order valence-electron chi connectivity index (χ0n) is 26.0. The maximum absolute atomic E-state index is 14.0. The van der Waals surface area contributed by atoms with E-state index in [0.717, 1.165) is 55.7 Å². The highest BCUT2D eigenvalue weighted by Crippen LogP contribution is 2.38. The summed E-state index contributed by atoms with van der Waals surface area (Å²) >= 11 is 1.59. The molecule has 3 aromatic rings. The third-order valence-electron chi connectivity index (χ3n) is 8.21. The van der Waals surface area contributed by atoms with Crippen molar-refractivity contribution in [2.75, 3.05) is 41.5 Å². The van der Waals surface area contributed by atoms with Crippen LogP contribution < -0.4 is 14.5 Å². The number of hydrogen-bond donors (Lipinski definition) is 0. The van der Waals surface area contributed by atoms with Crippen molar-refractivity contribution in [3.8, 4) is 11.8 Å². The predicted octanol–water partition coefficient (Wildman–Crippen LogP) is 8.91. The molecule has 0 amide bonds. The lowest BCUT2D eigenvalue weighted by molar-refractivity contribution is -0.138. The van der Waals surface area contributed by atoms with Gasteiger partial charge in [0.2, 0.25) is 5.95 Å². The quantitative estimate of drug-likeness (QED) is 0.133. The molecule has 6 nitrogen and oxygen atoms in total. The number of benzene rings is 2. The van der Waals surface area contributed by atoms with Crippen LogP contribution in [-0.2, 0) is 18.9 Å². The lowest BCUT2D eigenvalue weighted by atomic mass is 9.99. The molecule has 0 spiro atoms. The summed E-state index contributed by atoms with van der Waals surface area (Å²) < 4.78 is 89.1. The lowest BCUT2D eigenvalue weighted by Gasteiger charge is -2.34. The first-order valence-corrected chi connectivity index (χ1v) is 16.5. The molecule has 0 bridgehead atoms. The molecule has 1 saturated carbocycles. The number of anilines is 2. The number of rotatable bonds is 13. The molecule has 0 saturated heterocycles. The number of alkyl halides is 6. The summed E-state index contributed by atoms with van der Waals surface area (Å²) in [5, 5.41) is 9.51. The Kier molecular flexibility index (Phi) is 11.7. The van der Waals surface area contributed by atoms with E-state index in [0.29, 0.717) is 42.6 Å². The number of ether oxygens (including phenoxy) is 1. The van der Waals surface area contributed by atoms with Crippen LogP contribution in [0.25, 0.3) is 0 Å². The molecule has 0 aliphatic heterocycles. The Morgan fingerprint density at radius 2 is 1.67 bits per heavy atom. The molecule has 1 aromatic heterocycles. The van der Waals surface area contributed by atoms with Gasteiger partial charge in [-0.1, -0.05) is 12.8 Å². The van der Waals surface area contributed by atoms with Crippen LogP contribution in [0, 0.1) is 17.2 Å². The van der Waals surface area contributed by atoms with E-state index in [1.165, 1.54) is 24.5 Å². The highest BCUT2D eigenvalue weighted by atomic mass is 32.2. The van der Waals surface area contributed by atoms with Gasteiger partial charge in [0.05, 0.1) is 47.8 Å². The van der Waals surface area contributed by atoms with Crippen molar-refractivity contribution in [2.45, 2.75) is 64.5 Å². The Morgan fingerprint density at radius 3 is 2.26 bits per heavy atom. The average Bonchev–Trinajstić information content (AvgIpc) is 3.55. The second kappa shape index (κ2) is 15.3. The van der Waals surface area contributed by atoms with Gasteiger partial charge in [-0.3, -0.25) is 0 Å². The molecule has 1 fully saturated rings. The van der Waals surface area contributed by atoms with Crippen LogP contribution in [-0.4, -0.2) is 41.7 Å². The van der Waals surface area contributed by atoms with Gasteiger partial charge in [0.1, 0.15) is 0 Å². The summed E-state index contributed by atoms with van der Waals surface area (Å²) in [5.41, 5.74) is -0.942. The summed E-state index contributed by atoms with van der Waals surface area (Å²) in [5.74, 6) is 1.61. The van der Waals surface area contributed by atoms with Crippen molar-refractivity contribution < 1.29 is 31.1 Å². The maximum Gasteiger partial charge on any atom is 0.416 e. The van der Waals surface area contributed by atoms with Gasteiger partial charge in [-0.25, -0.2) is 9.97 Å². The molecule has 248 valence electrons. The van der Waals surface area contributed by atoms with Gasteiger partial charge in [-0.15, -0.1) is 0 Å². The van der Waals surface area contributed by atoms with Gasteiger partial charge in [-0.05, 0) is 86.4 Å². The zero-order valence-corrected chi connectivity index (χ0v) is 26.8. The van der Waals surface area contributed by atoms with Gasteiger partial charge in [0.15, 0.2) is 5.75 Å². The molecule has 0 radical (unpaired) electrons. The second-order valence-corrected chi connectivity index (χ2v) is 12.3. The number of nitriles is 1. The third-order valence-corrected chi connectivity index (χ3v) is 8.79. The molecule has 2 aromatic carbocycles. The Labute approximate surface area is 269 Å². The van der Waals surface area contributed by atoms with Crippen LogP contribution in [0.1, 0.15) is 73.4 Å². The van der Waals surface area contributed by atoms with Gasteiger partial charge < -0.3 is 14.5 Å².